The van der Waals surface area contributed by atoms with Gasteiger partial charge in [0.05, 0.1) is 11.7 Å². The van der Waals surface area contributed by atoms with Crippen LogP contribution in [-0.2, 0) is 4.79 Å². The van der Waals surface area contributed by atoms with Gasteiger partial charge in [-0.25, -0.2) is 19.9 Å². The molecule has 7 nitrogen and oxygen atoms in total. The Bertz CT molecular complexity index is 808. The number of aromatic nitrogens is 4. The van der Waals surface area contributed by atoms with Crippen LogP contribution in [0.15, 0.2) is 12.1 Å². The van der Waals surface area contributed by atoms with E-state index in [1.54, 1.807) is 0 Å². The summed E-state index contributed by atoms with van der Waals surface area (Å²) < 4.78 is 0. The lowest BCUT2D eigenvalue weighted by Crippen LogP contribution is -2.39. The number of carbonyl (C=O) groups is 1. The van der Waals surface area contributed by atoms with E-state index < -0.39 is 0 Å². The Hall–Kier alpha value is -2.28. The topological polar surface area (TPSA) is 83.9 Å². The lowest BCUT2D eigenvalue weighted by atomic mass is 9.98. The molecule has 1 N–H and O–H groups in total. The standard InChI is InChI=1S/C19H25ClN6O/c1-12-10-13(2)22-19(21-12)25-17-11-15(23-14(3)24-17)16-6-4-5-9-26(16)18(27)7-8-20/h10-11,16H,4-9H2,1-3H3,(H,21,22,23,24,25). The average Bonchev–Trinajstić information content (AvgIpc) is 2.60. The molecule has 1 aliphatic rings. The van der Waals surface area contributed by atoms with Crippen molar-refractivity contribution in [3.8, 4) is 0 Å². The number of carbonyl (C=O) groups excluding carboxylic acids is 1. The van der Waals surface area contributed by atoms with E-state index in [0.29, 0.717) is 29.9 Å². The minimum Gasteiger partial charge on any atom is -0.334 e. The quantitative estimate of drug-likeness (QED) is 0.787. The molecule has 3 rings (SSSR count). The molecule has 0 saturated carbocycles. The van der Waals surface area contributed by atoms with Crippen LogP contribution in [0, 0.1) is 20.8 Å². The van der Waals surface area contributed by atoms with Gasteiger partial charge in [-0.05, 0) is 46.1 Å². The van der Waals surface area contributed by atoms with E-state index >= 15 is 0 Å². The van der Waals surface area contributed by atoms with Crippen molar-refractivity contribution in [3.05, 3.63) is 35.0 Å². The van der Waals surface area contributed by atoms with Crippen LogP contribution >= 0.6 is 11.6 Å². The van der Waals surface area contributed by atoms with Gasteiger partial charge in [0.2, 0.25) is 11.9 Å². The van der Waals surface area contributed by atoms with Crippen LogP contribution in [0.1, 0.15) is 54.6 Å². The van der Waals surface area contributed by atoms with Crippen LogP contribution in [-0.4, -0.2) is 43.2 Å². The van der Waals surface area contributed by atoms with Crippen LogP contribution in [0.3, 0.4) is 0 Å². The van der Waals surface area contributed by atoms with Gasteiger partial charge in [-0.15, -0.1) is 11.6 Å². The molecule has 0 bridgehead atoms. The Balaban J connectivity index is 1.88. The first-order chi connectivity index (χ1) is 13.0. The molecule has 3 heterocycles. The lowest BCUT2D eigenvalue weighted by molar-refractivity contribution is -0.134. The molecule has 2 aromatic rings. The van der Waals surface area contributed by atoms with Gasteiger partial charge in [0, 0.05) is 36.3 Å². The summed E-state index contributed by atoms with van der Waals surface area (Å²) in [5, 5.41) is 3.18. The lowest BCUT2D eigenvalue weighted by Gasteiger charge is -2.35. The molecular formula is C19H25ClN6O. The van der Waals surface area contributed by atoms with Crippen LogP contribution in [0.5, 0.6) is 0 Å². The molecule has 1 unspecified atom stereocenters. The van der Waals surface area contributed by atoms with E-state index in [0.717, 1.165) is 42.9 Å². The second-order valence-electron chi connectivity index (χ2n) is 6.86. The Morgan fingerprint density at radius 3 is 2.59 bits per heavy atom. The van der Waals surface area contributed by atoms with Crippen molar-refractivity contribution in [2.75, 3.05) is 17.7 Å². The fourth-order valence-electron chi connectivity index (χ4n) is 3.48. The minimum absolute atomic E-state index is 0.0446. The predicted octanol–water partition coefficient (Wildman–Crippen LogP) is 3.62. The molecule has 8 heteroatoms. The van der Waals surface area contributed by atoms with Gasteiger partial charge in [0.25, 0.3) is 0 Å². The number of aryl methyl sites for hydroxylation is 3. The summed E-state index contributed by atoms with van der Waals surface area (Å²) in [7, 11) is 0. The van der Waals surface area contributed by atoms with E-state index in [4.69, 9.17) is 11.6 Å². The highest BCUT2D eigenvalue weighted by Gasteiger charge is 2.29. The maximum absolute atomic E-state index is 12.5. The van der Waals surface area contributed by atoms with Gasteiger partial charge in [-0.3, -0.25) is 4.79 Å². The maximum Gasteiger partial charge on any atom is 0.228 e. The summed E-state index contributed by atoms with van der Waals surface area (Å²) in [6.45, 7) is 6.45. The molecule has 1 amide bonds. The third kappa shape index (κ3) is 4.91. The molecule has 0 aliphatic carbocycles. The van der Waals surface area contributed by atoms with E-state index in [9.17, 15) is 4.79 Å². The smallest absolute Gasteiger partial charge is 0.228 e. The van der Waals surface area contributed by atoms with E-state index in [2.05, 4.69) is 25.3 Å². The van der Waals surface area contributed by atoms with Gasteiger partial charge in [-0.1, -0.05) is 0 Å². The highest BCUT2D eigenvalue weighted by atomic mass is 35.5. The number of amides is 1. The molecule has 144 valence electrons. The van der Waals surface area contributed by atoms with Gasteiger partial charge < -0.3 is 10.2 Å². The molecule has 2 aromatic heterocycles. The number of alkyl halides is 1. The third-order valence-electron chi connectivity index (χ3n) is 4.55. The van der Waals surface area contributed by atoms with Crippen molar-refractivity contribution in [3.63, 3.8) is 0 Å². The molecule has 1 fully saturated rings. The Morgan fingerprint density at radius 2 is 1.89 bits per heavy atom. The fourth-order valence-corrected chi connectivity index (χ4v) is 3.65. The summed E-state index contributed by atoms with van der Waals surface area (Å²) in [4.78, 5) is 32.3. The van der Waals surface area contributed by atoms with Crippen LogP contribution in [0.4, 0.5) is 11.8 Å². The minimum atomic E-state index is -0.0446. The highest BCUT2D eigenvalue weighted by molar-refractivity contribution is 6.18. The average molecular weight is 389 g/mol. The molecule has 1 aliphatic heterocycles. The molecule has 0 radical (unpaired) electrons. The largest absolute Gasteiger partial charge is 0.334 e. The summed E-state index contributed by atoms with van der Waals surface area (Å²) in [5.74, 6) is 2.21. The second-order valence-corrected chi connectivity index (χ2v) is 7.24. The van der Waals surface area contributed by atoms with Gasteiger partial charge >= 0.3 is 0 Å². The number of anilines is 2. The number of nitrogens with one attached hydrogen (secondary N) is 1. The van der Waals surface area contributed by atoms with Crippen molar-refractivity contribution in [2.45, 2.75) is 52.5 Å². The molecule has 0 spiro atoms. The first-order valence-corrected chi connectivity index (χ1v) is 9.80. The molecular weight excluding hydrogens is 364 g/mol. The number of piperidine rings is 1. The normalized spacial score (nSPS) is 17.0. The Labute approximate surface area is 164 Å². The van der Waals surface area contributed by atoms with Crippen molar-refractivity contribution in [1.29, 1.82) is 0 Å². The first-order valence-electron chi connectivity index (χ1n) is 9.26. The van der Waals surface area contributed by atoms with Crippen LogP contribution in [0.25, 0.3) is 0 Å². The number of nitrogens with zero attached hydrogens (tertiary/aromatic N) is 5. The monoisotopic (exact) mass is 388 g/mol. The zero-order valence-corrected chi connectivity index (χ0v) is 16.8. The highest BCUT2D eigenvalue weighted by Crippen LogP contribution is 2.31. The first kappa shape index (κ1) is 19.5. The zero-order valence-electron chi connectivity index (χ0n) is 16.0. The van der Waals surface area contributed by atoms with Gasteiger partial charge in [0.1, 0.15) is 11.6 Å². The molecule has 27 heavy (non-hydrogen) atoms. The SMILES string of the molecule is Cc1cc(C)nc(Nc2cc(C3CCCCN3C(=O)CCCl)nc(C)n2)n1. The summed E-state index contributed by atoms with van der Waals surface area (Å²) in [6, 6.07) is 3.77. The van der Waals surface area contributed by atoms with Crippen molar-refractivity contribution >= 4 is 29.3 Å². The summed E-state index contributed by atoms with van der Waals surface area (Å²) >= 11 is 5.78. The number of hydrogen-bond acceptors (Lipinski definition) is 6. The number of likely N-dealkylation sites (tertiary alicyclic amines) is 1. The predicted molar refractivity (Wildman–Crippen MR) is 105 cm³/mol. The summed E-state index contributed by atoms with van der Waals surface area (Å²) in [6.07, 6.45) is 3.32. The third-order valence-corrected chi connectivity index (χ3v) is 4.74. The molecule has 1 atom stereocenters. The fraction of sp³-hybridized carbons (Fsp3) is 0.526. The number of hydrogen-bond donors (Lipinski definition) is 1. The van der Waals surface area contributed by atoms with Crippen LogP contribution in [0.2, 0.25) is 0 Å². The van der Waals surface area contributed by atoms with E-state index in [1.165, 1.54) is 0 Å². The Morgan fingerprint density at radius 1 is 1.15 bits per heavy atom. The molecule has 1 saturated heterocycles. The van der Waals surface area contributed by atoms with Crippen molar-refractivity contribution in [1.82, 2.24) is 24.8 Å². The van der Waals surface area contributed by atoms with Crippen molar-refractivity contribution < 1.29 is 4.79 Å². The van der Waals surface area contributed by atoms with E-state index in [-0.39, 0.29) is 11.9 Å². The summed E-state index contributed by atoms with van der Waals surface area (Å²) in [5.41, 5.74) is 2.62. The second kappa shape index (κ2) is 8.61. The number of rotatable bonds is 5. The maximum atomic E-state index is 12.5. The van der Waals surface area contributed by atoms with Crippen molar-refractivity contribution in [2.24, 2.45) is 0 Å². The molecule has 0 aromatic carbocycles. The Kier molecular flexibility index (Phi) is 6.21. The van der Waals surface area contributed by atoms with Crippen LogP contribution < -0.4 is 5.32 Å². The van der Waals surface area contributed by atoms with Gasteiger partial charge in [-0.2, -0.15) is 0 Å². The zero-order chi connectivity index (χ0) is 19.4. The van der Waals surface area contributed by atoms with E-state index in [1.807, 2.05) is 37.8 Å². The number of halogens is 1. The van der Waals surface area contributed by atoms with Gasteiger partial charge in [0.15, 0.2) is 0 Å².